The second-order valence-corrected chi connectivity index (χ2v) is 6.15. The van der Waals surface area contributed by atoms with Gasteiger partial charge in [0.1, 0.15) is 0 Å². The average Bonchev–Trinajstić information content (AvgIpc) is 2.26. The minimum absolute atomic E-state index is 0.0898. The SMILES string of the molecule is CC(C)CC(CBr)(CBr)c1ccccc1Cl. The normalized spacial score (nSPS) is 12.1. The summed E-state index contributed by atoms with van der Waals surface area (Å²) in [6, 6.07) is 8.14. The van der Waals surface area contributed by atoms with Gasteiger partial charge >= 0.3 is 0 Å². The van der Waals surface area contributed by atoms with Crippen LogP contribution in [0.1, 0.15) is 25.8 Å². The van der Waals surface area contributed by atoms with Gasteiger partial charge in [-0.3, -0.25) is 0 Å². The standard InChI is InChI=1S/C13H17Br2Cl/c1-10(2)7-13(8-14,9-15)11-5-3-4-6-12(11)16/h3-6,10H,7-9H2,1-2H3. The molecule has 0 aliphatic carbocycles. The summed E-state index contributed by atoms with van der Waals surface area (Å²) in [5, 5.41) is 2.71. The molecular formula is C13H17Br2Cl. The number of rotatable bonds is 5. The molecule has 0 amide bonds. The molecular weight excluding hydrogens is 351 g/mol. The molecule has 0 aliphatic rings. The van der Waals surface area contributed by atoms with Gasteiger partial charge in [0, 0.05) is 21.1 Å². The van der Waals surface area contributed by atoms with Gasteiger partial charge in [-0.25, -0.2) is 0 Å². The molecule has 0 nitrogen and oxygen atoms in total. The Morgan fingerprint density at radius 3 is 2.19 bits per heavy atom. The number of halogens is 3. The Morgan fingerprint density at radius 1 is 1.19 bits per heavy atom. The van der Waals surface area contributed by atoms with E-state index in [0.717, 1.165) is 22.1 Å². The van der Waals surface area contributed by atoms with E-state index in [2.05, 4.69) is 57.8 Å². The quantitative estimate of drug-likeness (QED) is 0.609. The second-order valence-electron chi connectivity index (χ2n) is 4.63. The van der Waals surface area contributed by atoms with Crippen LogP contribution >= 0.6 is 43.5 Å². The Morgan fingerprint density at radius 2 is 1.75 bits per heavy atom. The van der Waals surface area contributed by atoms with Gasteiger partial charge < -0.3 is 0 Å². The Hall–Kier alpha value is 0.470. The van der Waals surface area contributed by atoms with E-state index < -0.39 is 0 Å². The molecule has 0 aliphatic heterocycles. The minimum atomic E-state index is 0.0898. The highest BCUT2D eigenvalue weighted by Crippen LogP contribution is 2.38. The van der Waals surface area contributed by atoms with E-state index in [-0.39, 0.29) is 5.41 Å². The summed E-state index contributed by atoms with van der Waals surface area (Å²) in [5.74, 6) is 0.645. The maximum absolute atomic E-state index is 6.31. The summed E-state index contributed by atoms with van der Waals surface area (Å²) in [7, 11) is 0. The molecule has 0 saturated heterocycles. The van der Waals surface area contributed by atoms with Gasteiger partial charge in [0.05, 0.1) is 0 Å². The molecule has 16 heavy (non-hydrogen) atoms. The maximum Gasteiger partial charge on any atom is 0.0444 e. The molecule has 0 heterocycles. The van der Waals surface area contributed by atoms with Gasteiger partial charge in [-0.1, -0.05) is 75.5 Å². The first-order chi connectivity index (χ1) is 7.55. The summed E-state index contributed by atoms with van der Waals surface area (Å²) in [6.45, 7) is 4.49. The van der Waals surface area contributed by atoms with Crippen molar-refractivity contribution < 1.29 is 0 Å². The van der Waals surface area contributed by atoms with Gasteiger partial charge in [0.15, 0.2) is 0 Å². The molecule has 0 spiro atoms. The first-order valence-corrected chi connectivity index (χ1v) is 8.05. The fourth-order valence-corrected chi connectivity index (χ4v) is 4.40. The largest absolute Gasteiger partial charge is 0.0918 e. The zero-order valence-corrected chi connectivity index (χ0v) is 13.6. The van der Waals surface area contributed by atoms with E-state index in [1.54, 1.807) is 0 Å². The van der Waals surface area contributed by atoms with E-state index >= 15 is 0 Å². The van der Waals surface area contributed by atoms with E-state index in [1.165, 1.54) is 5.56 Å². The van der Waals surface area contributed by atoms with Crippen molar-refractivity contribution in [3.63, 3.8) is 0 Å². The monoisotopic (exact) mass is 366 g/mol. The van der Waals surface area contributed by atoms with Crippen molar-refractivity contribution in [3.8, 4) is 0 Å². The number of alkyl halides is 2. The van der Waals surface area contributed by atoms with Crippen molar-refractivity contribution in [1.82, 2.24) is 0 Å². The molecule has 0 fully saturated rings. The number of benzene rings is 1. The Bertz CT molecular complexity index is 332. The van der Waals surface area contributed by atoms with Crippen molar-refractivity contribution in [2.45, 2.75) is 25.7 Å². The molecule has 0 unspecified atom stereocenters. The van der Waals surface area contributed by atoms with Crippen molar-refractivity contribution >= 4 is 43.5 Å². The number of hydrogen-bond acceptors (Lipinski definition) is 0. The first kappa shape index (κ1) is 14.5. The van der Waals surface area contributed by atoms with E-state index in [4.69, 9.17) is 11.6 Å². The highest BCUT2D eigenvalue weighted by Gasteiger charge is 2.32. The molecule has 1 aromatic carbocycles. The van der Waals surface area contributed by atoms with Crippen LogP contribution < -0.4 is 0 Å². The van der Waals surface area contributed by atoms with Gasteiger partial charge in [-0.05, 0) is 24.0 Å². The van der Waals surface area contributed by atoms with Gasteiger partial charge in [0.25, 0.3) is 0 Å². The smallest absolute Gasteiger partial charge is 0.0444 e. The van der Waals surface area contributed by atoms with Crippen LogP contribution in [0, 0.1) is 5.92 Å². The summed E-state index contributed by atoms with van der Waals surface area (Å²) in [5.41, 5.74) is 1.33. The Labute approximate surface area is 120 Å². The van der Waals surface area contributed by atoms with Crippen LogP contribution in [-0.2, 0) is 5.41 Å². The third-order valence-corrected chi connectivity index (χ3v) is 5.23. The van der Waals surface area contributed by atoms with Crippen molar-refractivity contribution in [1.29, 1.82) is 0 Å². The van der Waals surface area contributed by atoms with Crippen molar-refractivity contribution in [2.24, 2.45) is 5.92 Å². The van der Waals surface area contributed by atoms with Crippen LogP contribution in [0.5, 0.6) is 0 Å². The summed E-state index contributed by atoms with van der Waals surface area (Å²) in [6.07, 6.45) is 1.12. The lowest BCUT2D eigenvalue weighted by atomic mass is 9.78. The lowest BCUT2D eigenvalue weighted by Crippen LogP contribution is -2.32. The predicted molar refractivity (Wildman–Crippen MR) is 80.2 cm³/mol. The van der Waals surface area contributed by atoms with Crippen LogP contribution in [0.15, 0.2) is 24.3 Å². The van der Waals surface area contributed by atoms with Crippen LogP contribution in [-0.4, -0.2) is 10.7 Å². The van der Waals surface area contributed by atoms with Crippen LogP contribution in [0.25, 0.3) is 0 Å². The fourth-order valence-electron chi connectivity index (χ4n) is 2.07. The zero-order valence-electron chi connectivity index (χ0n) is 9.64. The lowest BCUT2D eigenvalue weighted by Gasteiger charge is -2.33. The third-order valence-electron chi connectivity index (χ3n) is 2.76. The highest BCUT2D eigenvalue weighted by molar-refractivity contribution is 9.09. The average molecular weight is 369 g/mol. The molecule has 1 aromatic rings. The van der Waals surface area contributed by atoms with Crippen molar-refractivity contribution in [2.75, 3.05) is 10.7 Å². The molecule has 0 radical (unpaired) electrons. The molecule has 0 bridgehead atoms. The molecule has 1 rings (SSSR count). The number of hydrogen-bond donors (Lipinski definition) is 0. The Balaban J connectivity index is 3.15. The molecule has 0 aromatic heterocycles. The first-order valence-electron chi connectivity index (χ1n) is 5.42. The molecule has 90 valence electrons. The zero-order chi connectivity index (χ0) is 12.2. The van der Waals surface area contributed by atoms with E-state index in [9.17, 15) is 0 Å². The van der Waals surface area contributed by atoms with E-state index in [0.29, 0.717) is 5.92 Å². The second kappa shape index (κ2) is 6.42. The molecule has 0 saturated carbocycles. The third kappa shape index (κ3) is 3.24. The van der Waals surface area contributed by atoms with Crippen LogP contribution in [0.3, 0.4) is 0 Å². The lowest BCUT2D eigenvalue weighted by molar-refractivity contribution is 0.417. The van der Waals surface area contributed by atoms with Gasteiger partial charge in [-0.2, -0.15) is 0 Å². The maximum atomic E-state index is 6.31. The van der Waals surface area contributed by atoms with E-state index in [1.807, 2.05) is 12.1 Å². The summed E-state index contributed by atoms with van der Waals surface area (Å²) in [4.78, 5) is 0. The van der Waals surface area contributed by atoms with Gasteiger partial charge in [-0.15, -0.1) is 0 Å². The topological polar surface area (TPSA) is 0 Å². The Kier molecular flexibility index (Phi) is 5.83. The molecule has 0 N–H and O–H groups in total. The highest BCUT2D eigenvalue weighted by atomic mass is 79.9. The predicted octanol–water partition coefficient (Wildman–Crippen LogP) is 5.41. The molecule has 0 atom stereocenters. The summed E-state index contributed by atoms with van der Waals surface area (Å²) < 4.78 is 0. The van der Waals surface area contributed by atoms with Crippen LogP contribution in [0.2, 0.25) is 5.02 Å². The summed E-state index contributed by atoms with van der Waals surface area (Å²) >= 11 is 13.6. The van der Waals surface area contributed by atoms with Crippen molar-refractivity contribution in [3.05, 3.63) is 34.9 Å². The minimum Gasteiger partial charge on any atom is -0.0918 e. The van der Waals surface area contributed by atoms with Gasteiger partial charge in [0.2, 0.25) is 0 Å². The fraction of sp³-hybridized carbons (Fsp3) is 0.538. The van der Waals surface area contributed by atoms with Crippen LogP contribution in [0.4, 0.5) is 0 Å². The molecule has 3 heteroatoms.